The molecule has 2 heterocycles. The number of thiophene rings is 1. The molecular formula is C11H14BrNOS. The average Bonchev–Trinajstić information content (AvgIpc) is 2.74. The van der Waals surface area contributed by atoms with E-state index in [-0.39, 0.29) is 5.91 Å². The first-order valence-electron chi connectivity index (χ1n) is 5.14. The van der Waals surface area contributed by atoms with Crippen molar-refractivity contribution in [3.05, 3.63) is 22.4 Å². The molecule has 1 aromatic rings. The fourth-order valence-corrected chi connectivity index (χ4v) is 3.02. The van der Waals surface area contributed by atoms with Crippen LogP contribution in [0.3, 0.4) is 0 Å². The number of halogens is 1. The highest BCUT2D eigenvalue weighted by Gasteiger charge is 2.27. The summed E-state index contributed by atoms with van der Waals surface area (Å²) in [4.78, 5) is 14.4. The molecule has 0 aliphatic carbocycles. The van der Waals surface area contributed by atoms with Crippen molar-refractivity contribution in [1.82, 2.24) is 4.90 Å². The molecule has 4 heteroatoms. The summed E-state index contributed by atoms with van der Waals surface area (Å²) < 4.78 is 0. The maximum absolute atomic E-state index is 12.0. The van der Waals surface area contributed by atoms with Crippen LogP contribution in [0.4, 0.5) is 0 Å². The number of piperidine rings is 1. The van der Waals surface area contributed by atoms with Crippen LogP contribution in [0.1, 0.15) is 23.7 Å². The van der Waals surface area contributed by atoms with Crippen molar-refractivity contribution in [2.24, 2.45) is 5.92 Å². The van der Waals surface area contributed by atoms with Crippen LogP contribution in [0.5, 0.6) is 0 Å². The molecule has 15 heavy (non-hydrogen) atoms. The van der Waals surface area contributed by atoms with Gasteiger partial charge in [0.15, 0.2) is 0 Å². The van der Waals surface area contributed by atoms with Gasteiger partial charge in [-0.2, -0.15) is 11.3 Å². The van der Waals surface area contributed by atoms with E-state index < -0.39 is 0 Å². The second-order valence-corrected chi connectivity index (χ2v) is 6.00. The van der Waals surface area contributed by atoms with Crippen LogP contribution in [0.2, 0.25) is 0 Å². The Morgan fingerprint density at radius 2 is 2.47 bits per heavy atom. The van der Waals surface area contributed by atoms with Gasteiger partial charge in [0.1, 0.15) is 0 Å². The molecule has 1 amide bonds. The quantitative estimate of drug-likeness (QED) is 0.727. The Labute approximate surface area is 102 Å². The van der Waals surface area contributed by atoms with E-state index in [1.54, 1.807) is 11.3 Å². The monoisotopic (exact) mass is 287 g/mol. The van der Waals surface area contributed by atoms with Gasteiger partial charge in [0.05, 0.1) is 5.56 Å². The largest absolute Gasteiger partial charge is 0.337 e. The highest BCUT2D eigenvalue weighted by molar-refractivity contribution is 9.09. The zero-order valence-electron chi connectivity index (χ0n) is 8.65. The van der Waals surface area contributed by atoms with Gasteiger partial charge in [0.2, 0.25) is 0 Å². The van der Waals surface area contributed by atoms with Gasteiger partial charge in [-0.25, -0.2) is 0 Å². The summed E-state index contributed by atoms with van der Waals surface area (Å²) in [7, 11) is 0. The van der Waals surface area contributed by atoms with Crippen LogP contribution in [-0.4, -0.2) is 28.7 Å². The Bertz CT molecular complexity index is 338. The van der Waals surface area contributed by atoms with Crippen molar-refractivity contribution in [1.29, 1.82) is 0 Å². The minimum atomic E-state index is 0.174. The normalized spacial score (nSPS) is 26.7. The zero-order chi connectivity index (χ0) is 10.8. The molecule has 0 bridgehead atoms. The minimum Gasteiger partial charge on any atom is -0.337 e. The molecule has 0 spiro atoms. The molecule has 2 atom stereocenters. The van der Waals surface area contributed by atoms with Crippen LogP contribution in [0, 0.1) is 5.92 Å². The Balaban J connectivity index is 2.03. The number of carbonyl (C=O) groups is 1. The SMILES string of the molecule is CC1CCN(C(=O)c2ccsc2)CC1Br. The first-order valence-corrected chi connectivity index (χ1v) is 7.00. The lowest BCUT2D eigenvalue weighted by Gasteiger charge is -2.34. The number of amides is 1. The van der Waals surface area contributed by atoms with Crippen LogP contribution in [-0.2, 0) is 0 Å². The van der Waals surface area contributed by atoms with Crippen molar-refractivity contribution in [2.45, 2.75) is 18.2 Å². The number of rotatable bonds is 1. The molecule has 1 aliphatic heterocycles. The molecule has 1 fully saturated rings. The summed E-state index contributed by atoms with van der Waals surface area (Å²) >= 11 is 5.21. The summed E-state index contributed by atoms with van der Waals surface area (Å²) in [5.74, 6) is 0.837. The van der Waals surface area contributed by atoms with E-state index in [9.17, 15) is 4.79 Å². The molecule has 2 nitrogen and oxygen atoms in total. The lowest BCUT2D eigenvalue weighted by atomic mass is 9.99. The lowest BCUT2D eigenvalue weighted by Crippen LogP contribution is -2.43. The second kappa shape index (κ2) is 4.66. The average molecular weight is 288 g/mol. The van der Waals surface area contributed by atoms with E-state index in [1.165, 1.54) is 0 Å². The van der Waals surface area contributed by atoms with Crippen LogP contribution >= 0.6 is 27.3 Å². The molecule has 1 saturated heterocycles. The zero-order valence-corrected chi connectivity index (χ0v) is 11.1. The molecule has 0 N–H and O–H groups in total. The van der Waals surface area contributed by atoms with E-state index in [1.807, 2.05) is 21.7 Å². The number of hydrogen-bond acceptors (Lipinski definition) is 2. The first kappa shape index (κ1) is 11.1. The predicted octanol–water partition coefficient (Wildman–Crippen LogP) is 2.99. The molecule has 2 unspecified atom stereocenters. The van der Waals surface area contributed by atoms with E-state index >= 15 is 0 Å². The maximum atomic E-state index is 12.0. The van der Waals surface area contributed by atoms with Gasteiger partial charge in [-0.3, -0.25) is 4.79 Å². The lowest BCUT2D eigenvalue weighted by molar-refractivity contribution is 0.0706. The summed E-state index contributed by atoms with van der Waals surface area (Å²) in [6, 6.07) is 1.90. The maximum Gasteiger partial charge on any atom is 0.254 e. The molecule has 1 aromatic heterocycles. The fraction of sp³-hybridized carbons (Fsp3) is 0.545. The second-order valence-electron chi connectivity index (χ2n) is 4.05. The Morgan fingerprint density at radius 3 is 3.07 bits per heavy atom. The summed E-state index contributed by atoms with van der Waals surface area (Å²) in [6.45, 7) is 3.94. The Kier molecular flexibility index (Phi) is 3.46. The molecule has 0 saturated carbocycles. The smallest absolute Gasteiger partial charge is 0.254 e. The Morgan fingerprint density at radius 1 is 1.67 bits per heavy atom. The highest BCUT2D eigenvalue weighted by Crippen LogP contribution is 2.24. The third kappa shape index (κ3) is 2.42. The predicted molar refractivity (Wildman–Crippen MR) is 66.7 cm³/mol. The molecular weight excluding hydrogens is 274 g/mol. The third-order valence-electron chi connectivity index (χ3n) is 2.92. The summed E-state index contributed by atoms with van der Waals surface area (Å²) in [6.07, 6.45) is 1.09. The Hall–Kier alpha value is -0.350. The summed E-state index contributed by atoms with van der Waals surface area (Å²) in [5.41, 5.74) is 0.828. The van der Waals surface area contributed by atoms with E-state index in [4.69, 9.17) is 0 Å². The van der Waals surface area contributed by atoms with Gasteiger partial charge >= 0.3 is 0 Å². The number of nitrogens with zero attached hydrogens (tertiary/aromatic N) is 1. The van der Waals surface area contributed by atoms with Crippen molar-refractivity contribution >= 4 is 33.2 Å². The van der Waals surface area contributed by atoms with Gasteiger partial charge in [0, 0.05) is 23.3 Å². The molecule has 0 aromatic carbocycles. The van der Waals surface area contributed by atoms with Crippen molar-refractivity contribution in [3.8, 4) is 0 Å². The van der Waals surface area contributed by atoms with Crippen LogP contribution < -0.4 is 0 Å². The molecule has 1 aliphatic rings. The van der Waals surface area contributed by atoms with Crippen LogP contribution in [0.15, 0.2) is 16.8 Å². The van der Waals surface area contributed by atoms with Crippen molar-refractivity contribution in [2.75, 3.05) is 13.1 Å². The van der Waals surface area contributed by atoms with Crippen molar-refractivity contribution in [3.63, 3.8) is 0 Å². The number of hydrogen-bond donors (Lipinski definition) is 0. The van der Waals surface area contributed by atoms with Gasteiger partial charge in [-0.1, -0.05) is 22.9 Å². The topological polar surface area (TPSA) is 20.3 Å². The first-order chi connectivity index (χ1) is 7.18. The minimum absolute atomic E-state index is 0.174. The molecule has 2 rings (SSSR count). The van der Waals surface area contributed by atoms with E-state index in [0.29, 0.717) is 10.7 Å². The van der Waals surface area contributed by atoms with Crippen molar-refractivity contribution < 1.29 is 4.79 Å². The molecule has 0 radical (unpaired) electrons. The third-order valence-corrected chi connectivity index (χ3v) is 4.80. The van der Waals surface area contributed by atoms with Crippen LogP contribution in [0.25, 0.3) is 0 Å². The standard InChI is InChI=1S/C11H14BrNOS/c1-8-2-4-13(6-10(8)12)11(14)9-3-5-15-7-9/h3,5,7-8,10H,2,4,6H2,1H3. The highest BCUT2D eigenvalue weighted by atomic mass is 79.9. The summed E-state index contributed by atoms with van der Waals surface area (Å²) in [5, 5.41) is 3.87. The van der Waals surface area contributed by atoms with Gasteiger partial charge in [0.25, 0.3) is 5.91 Å². The number of alkyl halides is 1. The molecule has 82 valence electrons. The van der Waals surface area contributed by atoms with E-state index in [2.05, 4.69) is 22.9 Å². The fourth-order valence-electron chi connectivity index (χ4n) is 1.78. The van der Waals surface area contributed by atoms with Gasteiger partial charge in [-0.05, 0) is 23.8 Å². The number of carbonyl (C=O) groups excluding carboxylic acids is 1. The van der Waals surface area contributed by atoms with Gasteiger partial charge < -0.3 is 4.90 Å². The van der Waals surface area contributed by atoms with Gasteiger partial charge in [-0.15, -0.1) is 0 Å². The number of likely N-dealkylation sites (tertiary alicyclic amines) is 1. The van der Waals surface area contributed by atoms with E-state index in [0.717, 1.165) is 25.1 Å².